The van der Waals surface area contributed by atoms with E-state index in [0.717, 1.165) is 30.2 Å². The highest BCUT2D eigenvalue weighted by Gasteiger charge is 2.49. The van der Waals surface area contributed by atoms with Crippen molar-refractivity contribution in [2.45, 2.75) is 31.0 Å². The van der Waals surface area contributed by atoms with Gasteiger partial charge in [0.05, 0.1) is 15.9 Å². The molecule has 2 aliphatic rings. The lowest BCUT2D eigenvalue weighted by atomic mass is 9.95. The summed E-state index contributed by atoms with van der Waals surface area (Å²) >= 11 is 6.59. The van der Waals surface area contributed by atoms with Crippen LogP contribution in [0.25, 0.3) is 32.8 Å². The van der Waals surface area contributed by atoms with Gasteiger partial charge in [0.2, 0.25) is 5.88 Å². The highest BCUT2D eigenvalue weighted by molar-refractivity contribution is 6.34. The number of hydrogen-bond donors (Lipinski definition) is 1. The van der Waals surface area contributed by atoms with Gasteiger partial charge in [-0.05, 0) is 53.9 Å². The van der Waals surface area contributed by atoms with E-state index in [1.54, 1.807) is 6.07 Å². The Morgan fingerprint density at radius 2 is 2.00 bits per heavy atom. The smallest absolute Gasteiger partial charge is 0.320 e. The summed E-state index contributed by atoms with van der Waals surface area (Å²) in [6.45, 7) is 1.37. The van der Waals surface area contributed by atoms with Gasteiger partial charge in [-0.1, -0.05) is 35.9 Å². The molecule has 6 rings (SSSR count). The average molecular weight is 542 g/mol. The van der Waals surface area contributed by atoms with E-state index >= 15 is 4.39 Å². The first kappa shape index (κ1) is 25.0. The van der Waals surface area contributed by atoms with E-state index in [0.29, 0.717) is 24.3 Å². The predicted octanol–water partition coefficient (Wildman–Crippen LogP) is 5.89. The molecule has 0 radical (unpaired) electrons. The van der Waals surface area contributed by atoms with Gasteiger partial charge in [-0.25, -0.2) is 8.78 Å². The minimum Gasteiger partial charge on any atom is -0.493 e. The zero-order chi connectivity index (χ0) is 26.4. The van der Waals surface area contributed by atoms with Crippen LogP contribution in [0.2, 0.25) is 5.02 Å². The molecule has 4 aromatic rings. The second-order valence-corrected chi connectivity index (χ2v) is 10.3. The Morgan fingerprint density at radius 3 is 2.84 bits per heavy atom. The van der Waals surface area contributed by atoms with Crippen molar-refractivity contribution in [2.75, 3.05) is 33.6 Å². The predicted molar refractivity (Wildman–Crippen MR) is 140 cm³/mol. The number of benzene rings is 3. The largest absolute Gasteiger partial charge is 0.493 e. The fourth-order valence-electron chi connectivity index (χ4n) is 5.82. The van der Waals surface area contributed by atoms with Crippen LogP contribution in [0.5, 0.6) is 17.6 Å². The van der Waals surface area contributed by atoms with E-state index in [1.165, 1.54) is 13.2 Å². The van der Waals surface area contributed by atoms with Crippen molar-refractivity contribution < 1.29 is 28.1 Å². The topological polar surface area (TPSA) is 76.9 Å². The molecule has 198 valence electrons. The van der Waals surface area contributed by atoms with Crippen LogP contribution < -0.4 is 9.47 Å². The van der Waals surface area contributed by atoms with E-state index in [4.69, 9.17) is 25.8 Å². The molecule has 0 saturated carbocycles. The van der Waals surface area contributed by atoms with Crippen LogP contribution in [-0.4, -0.2) is 65.3 Å². The quantitative estimate of drug-likeness (QED) is 0.292. The molecule has 38 heavy (non-hydrogen) atoms. The molecule has 0 amide bonds. The summed E-state index contributed by atoms with van der Waals surface area (Å²) in [6, 6.07) is 12.3. The molecule has 0 unspecified atom stereocenters. The average Bonchev–Trinajstić information content (AvgIpc) is 3.42. The van der Waals surface area contributed by atoms with Gasteiger partial charge in [-0.3, -0.25) is 4.90 Å². The van der Waals surface area contributed by atoms with Crippen molar-refractivity contribution in [3.63, 3.8) is 0 Å². The maximum absolute atomic E-state index is 16.2. The van der Waals surface area contributed by atoms with E-state index < -0.39 is 23.4 Å². The molecule has 7 nitrogen and oxygen atoms in total. The lowest BCUT2D eigenvalue weighted by Crippen LogP contribution is -2.43. The summed E-state index contributed by atoms with van der Waals surface area (Å²) in [7, 11) is 1.51. The number of hydrogen-bond acceptors (Lipinski definition) is 7. The number of fused-ring (bicyclic) bond motifs is 3. The summed E-state index contributed by atoms with van der Waals surface area (Å²) in [5, 5.41) is 12.4. The van der Waals surface area contributed by atoms with Crippen LogP contribution in [-0.2, 0) is 4.74 Å². The lowest BCUT2D eigenvalue weighted by molar-refractivity contribution is 0.0512. The van der Waals surface area contributed by atoms with Crippen LogP contribution in [0.1, 0.15) is 19.3 Å². The van der Waals surface area contributed by atoms with Gasteiger partial charge in [0, 0.05) is 25.6 Å². The minimum absolute atomic E-state index is 0.0234. The Labute approximate surface area is 222 Å². The Hall–Kier alpha value is -3.27. The second kappa shape index (κ2) is 9.80. The van der Waals surface area contributed by atoms with Crippen LogP contribution in [0.3, 0.4) is 0 Å². The molecule has 3 aromatic carbocycles. The number of nitrogens with zero attached hydrogens (tertiary/aromatic N) is 3. The van der Waals surface area contributed by atoms with Crippen molar-refractivity contribution in [2.24, 2.45) is 0 Å². The van der Waals surface area contributed by atoms with Gasteiger partial charge in [0.25, 0.3) is 0 Å². The lowest BCUT2D eigenvalue weighted by Gasteiger charge is -2.30. The highest BCUT2D eigenvalue weighted by atomic mass is 35.5. The Morgan fingerprint density at radius 1 is 1.16 bits per heavy atom. The van der Waals surface area contributed by atoms with Crippen molar-refractivity contribution in [3.8, 4) is 28.8 Å². The molecule has 2 saturated heterocycles. The Balaban J connectivity index is 1.43. The van der Waals surface area contributed by atoms with E-state index in [-0.39, 0.29) is 40.9 Å². The van der Waals surface area contributed by atoms with Crippen molar-refractivity contribution in [3.05, 3.63) is 53.3 Å². The van der Waals surface area contributed by atoms with Crippen molar-refractivity contribution >= 4 is 33.3 Å². The molecule has 0 bridgehead atoms. The highest BCUT2D eigenvalue weighted by Crippen LogP contribution is 2.43. The molecule has 2 fully saturated rings. The van der Waals surface area contributed by atoms with Gasteiger partial charge < -0.3 is 19.3 Å². The maximum atomic E-state index is 16.2. The summed E-state index contributed by atoms with van der Waals surface area (Å²) in [5.74, 6) is -0.696. The maximum Gasteiger partial charge on any atom is 0.320 e. The third-order valence-corrected chi connectivity index (χ3v) is 7.82. The Kier molecular flexibility index (Phi) is 6.45. The van der Waals surface area contributed by atoms with Crippen LogP contribution in [0.4, 0.5) is 8.78 Å². The van der Waals surface area contributed by atoms with Gasteiger partial charge in [0.15, 0.2) is 12.6 Å². The molecule has 2 atom stereocenters. The zero-order valence-corrected chi connectivity index (χ0v) is 21.5. The normalized spacial score (nSPS) is 21.3. The standard InChI is InChI=1S/C28H26ClF2N3O4/c1-36-15-38-18-9-16-5-2-3-6-19(16)20(10-18)23-22(29)11-21-25(24(23)31)32-27(33-26(21)35)37-14-28-7-4-8-34(28)13-17(30)12-28/h2-3,5-6,9-11,17H,4,7-8,12-15H2,1H3,(H,32,33,35)/t17-,28-/m1/s1. The van der Waals surface area contributed by atoms with Crippen LogP contribution in [0, 0.1) is 5.82 Å². The van der Waals surface area contributed by atoms with Gasteiger partial charge in [-0.2, -0.15) is 9.97 Å². The number of rotatable bonds is 7. The zero-order valence-electron chi connectivity index (χ0n) is 20.7. The van der Waals surface area contributed by atoms with Crippen LogP contribution >= 0.6 is 11.6 Å². The summed E-state index contributed by atoms with van der Waals surface area (Å²) in [4.78, 5) is 10.4. The van der Waals surface area contributed by atoms with Gasteiger partial charge >= 0.3 is 6.01 Å². The number of aromatic nitrogens is 2. The summed E-state index contributed by atoms with van der Waals surface area (Å²) in [6.07, 6.45) is 1.22. The van der Waals surface area contributed by atoms with E-state index in [9.17, 15) is 9.50 Å². The molecule has 1 N–H and O–H groups in total. The SMILES string of the molecule is COCOc1cc(-c2c(Cl)cc3c(O)nc(OC[C@]45CCCN4C[C@H](F)C5)nc3c2F)c2ccccc2c1. The molecule has 3 heterocycles. The summed E-state index contributed by atoms with van der Waals surface area (Å²) in [5.41, 5.74) is 0.0480. The van der Waals surface area contributed by atoms with Crippen molar-refractivity contribution in [1.82, 2.24) is 14.9 Å². The molecule has 10 heteroatoms. The van der Waals surface area contributed by atoms with E-state index in [2.05, 4.69) is 14.9 Å². The third-order valence-electron chi connectivity index (χ3n) is 7.52. The summed E-state index contributed by atoms with van der Waals surface area (Å²) < 4.78 is 46.9. The van der Waals surface area contributed by atoms with E-state index in [1.807, 2.05) is 30.3 Å². The first-order chi connectivity index (χ1) is 18.4. The van der Waals surface area contributed by atoms with Gasteiger partial charge in [0.1, 0.15) is 24.0 Å². The number of alkyl halides is 1. The fraction of sp³-hybridized carbons (Fsp3) is 0.357. The van der Waals surface area contributed by atoms with Crippen molar-refractivity contribution in [1.29, 1.82) is 0 Å². The molecule has 0 aliphatic carbocycles. The number of aromatic hydroxyl groups is 1. The first-order valence-electron chi connectivity index (χ1n) is 12.4. The molecule has 0 spiro atoms. The van der Waals surface area contributed by atoms with Crippen LogP contribution in [0.15, 0.2) is 42.5 Å². The molecule has 2 aliphatic heterocycles. The third kappa shape index (κ3) is 4.28. The monoisotopic (exact) mass is 541 g/mol. The minimum atomic E-state index is -0.912. The van der Waals surface area contributed by atoms with Gasteiger partial charge in [-0.15, -0.1) is 0 Å². The first-order valence-corrected chi connectivity index (χ1v) is 12.8. The number of methoxy groups -OCH3 is 1. The molecular formula is C28H26ClF2N3O4. The fourth-order valence-corrected chi connectivity index (χ4v) is 6.11. The molecular weight excluding hydrogens is 516 g/mol. The Bertz CT molecular complexity index is 1540. The number of ether oxygens (including phenoxy) is 3. The number of halogens is 3. The second-order valence-electron chi connectivity index (χ2n) is 9.88. The molecule has 1 aromatic heterocycles.